The van der Waals surface area contributed by atoms with Gasteiger partial charge in [0.05, 0.1) is 0 Å². The molecule has 0 spiro atoms. The van der Waals surface area contributed by atoms with E-state index in [1.807, 2.05) is 30.5 Å². The molecular weight excluding hydrogens is 339 g/mol. The summed E-state index contributed by atoms with van der Waals surface area (Å²) in [7, 11) is 1.64. The number of benzene rings is 2. The Morgan fingerprint density at radius 3 is 2.17 bits per heavy atom. The van der Waals surface area contributed by atoms with Gasteiger partial charge in [-0.15, -0.1) is 24.9 Å². The Labute approximate surface area is 142 Å². The van der Waals surface area contributed by atoms with Crippen molar-refractivity contribution in [3.63, 3.8) is 0 Å². The minimum atomic E-state index is -4.74. The van der Waals surface area contributed by atoms with Crippen molar-refractivity contribution in [2.45, 2.75) is 17.8 Å². The minimum absolute atomic E-state index is 0.275. The van der Waals surface area contributed by atoms with E-state index in [2.05, 4.69) is 4.74 Å². The van der Waals surface area contributed by atoms with Gasteiger partial charge in [-0.3, -0.25) is 4.79 Å². The number of thioether (sulfide) groups is 1. The molecular formula is C17H16F3NO2S. The number of alkyl halides is 3. The van der Waals surface area contributed by atoms with Crippen molar-refractivity contribution in [3.05, 3.63) is 59.7 Å². The van der Waals surface area contributed by atoms with Crippen LogP contribution in [0.1, 0.15) is 15.9 Å². The van der Waals surface area contributed by atoms with Crippen LogP contribution in [0.4, 0.5) is 13.2 Å². The van der Waals surface area contributed by atoms with Crippen molar-refractivity contribution < 1.29 is 22.7 Å². The second-order valence-electron chi connectivity index (χ2n) is 5.08. The van der Waals surface area contributed by atoms with Crippen LogP contribution < -0.4 is 4.74 Å². The van der Waals surface area contributed by atoms with E-state index in [9.17, 15) is 18.0 Å². The van der Waals surface area contributed by atoms with Gasteiger partial charge in [-0.05, 0) is 48.2 Å². The lowest BCUT2D eigenvalue weighted by atomic mass is 10.1. The first-order valence-corrected chi connectivity index (χ1v) is 8.25. The fourth-order valence-electron chi connectivity index (χ4n) is 2.10. The molecule has 128 valence electrons. The molecule has 0 heterocycles. The van der Waals surface area contributed by atoms with Crippen LogP contribution >= 0.6 is 11.8 Å². The van der Waals surface area contributed by atoms with Crippen molar-refractivity contribution in [1.82, 2.24) is 4.90 Å². The highest BCUT2D eigenvalue weighted by molar-refractivity contribution is 7.98. The number of carbonyl (C=O) groups is 1. The van der Waals surface area contributed by atoms with Gasteiger partial charge in [-0.1, -0.05) is 12.1 Å². The van der Waals surface area contributed by atoms with Crippen molar-refractivity contribution >= 4 is 17.7 Å². The van der Waals surface area contributed by atoms with Crippen LogP contribution in [0.2, 0.25) is 0 Å². The van der Waals surface area contributed by atoms with Crippen molar-refractivity contribution in [2.75, 3.05) is 13.3 Å². The second kappa shape index (κ2) is 7.61. The zero-order valence-electron chi connectivity index (χ0n) is 13.1. The zero-order chi connectivity index (χ0) is 17.7. The third-order valence-electron chi connectivity index (χ3n) is 3.26. The Morgan fingerprint density at radius 2 is 1.67 bits per heavy atom. The third-order valence-corrected chi connectivity index (χ3v) is 4.00. The summed E-state index contributed by atoms with van der Waals surface area (Å²) < 4.78 is 40.2. The number of ether oxygens (including phenoxy) is 1. The number of hydrogen-bond acceptors (Lipinski definition) is 3. The largest absolute Gasteiger partial charge is 0.573 e. The molecule has 2 aromatic carbocycles. The van der Waals surface area contributed by atoms with Crippen LogP contribution in [0.15, 0.2) is 53.4 Å². The van der Waals surface area contributed by atoms with Crippen LogP contribution in [0.3, 0.4) is 0 Å². The first-order valence-electron chi connectivity index (χ1n) is 7.03. The maximum absolute atomic E-state index is 12.3. The molecule has 0 aliphatic heterocycles. The molecule has 24 heavy (non-hydrogen) atoms. The number of hydrogen-bond donors (Lipinski definition) is 0. The highest BCUT2D eigenvalue weighted by atomic mass is 32.2. The zero-order valence-corrected chi connectivity index (χ0v) is 13.9. The molecule has 0 aromatic heterocycles. The average Bonchev–Trinajstić information content (AvgIpc) is 2.54. The summed E-state index contributed by atoms with van der Waals surface area (Å²) in [6, 6.07) is 12.7. The topological polar surface area (TPSA) is 29.5 Å². The molecule has 0 saturated carbocycles. The van der Waals surface area contributed by atoms with E-state index >= 15 is 0 Å². The van der Waals surface area contributed by atoms with Crippen molar-refractivity contribution in [1.29, 1.82) is 0 Å². The van der Waals surface area contributed by atoms with Crippen LogP contribution in [-0.4, -0.2) is 30.5 Å². The Hall–Kier alpha value is -2.15. The van der Waals surface area contributed by atoms with Crippen molar-refractivity contribution in [2.24, 2.45) is 0 Å². The summed E-state index contributed by atoms with van der Waals surface area (Å²) in [6.45, 7) is 0.411. The predicted molar refractivity (Wildman–Crippen MR) is 87.1 cm³/mol. The Morgan fingerprint density at radius 1 is 1.08 bits per heavy atom. The van der Waals surface area contributed by atoms with Crippen LogP contribution in [-0.2, 0) is 6.54 Å². The van der Waals surface area contributed by atoms with Crippen LogP contribution in [0.5, 0.6) is 5.75 Å². The lowest BCUT2D eigenvalue weighted by molar-refractivity contribution is -0.274. The van der Waals surface area contributed by atoms with Gasteiger partial charge in [-0.25, -0.2) is 0 Å². The van der Waals surface area contributed by atoms with E-state index in [0.717, 1.165) is 22.6 Å². The summed E-state index contributed by atoms with van der Waals surface area (Å²) in [5.41, 5.74) is 1.27. The van der Waals surface area contributed by atoms with Gasteiger partial charge in [0.15, 0.2) is 0 Å². The maximum atomic E-state index is 12.3. The number of amides is 1. The van der Waals surface area contributed by atoms with Crippen LogP contribution in [0.25, 0.3) is 0 Å². The molecule has 0 bridgehead atoms. The number of rotatable bonds is 5. The molecule has 1 amide bonds. The van der Waals surface area contributed by atoms with E-state index in [0.29, 0.717) is 12.1 Å². The van der Waals surface area contributed by atoms with Gasteiger partial charge in [-0.2, -0.15) is 0 Å². The molecule has 3 nitrogen and oxygen atoms in total. The second-order valence-corrected chi connectivity index (χ2v) is 5.96. The maximum Gasteiger partial charge on any atom is 0.573 e. The summed E-state index contributed by atoms with van der Waals surface area (Å²) in [5.74, 6) is -0.628. The molecule has 0 radical (unpaired) electrons. The first-order chi connectivity index (χ1) is 11.3. The van der Waals surface area contributed by atoms with E-state index in [1.54, 1.807) is 18.8 Å². The summed E-state index contributed by atoms with van der Waals surface area (Å²) in [6.07, 6.45) is -2.76. The number of carbonyl (C=O) groups excluding carboxylic acids is 1. The van der Waals surface area contributed by atoms with E-state index in [1.165, 1.54) is 17.0 Å². The molecule has 2 aromatic rings. The minimum Gasteiger partial charge on any atom is -0.406 e. The molecule has 0 fully saturated rings. The number of nitrogens with zero attached hydrogens (tertiary/aromatic N) is 1. The fraction of sp³-hybridized carbons (Fsp3) is 0.235. The van der Waals surface area contributed by atoms with E-state index < -0.39 is 6.36 Å². The Kier molecular flexibility index (Phi) is 5.77. The van der Waals surface area contributed by atoms with Gasteiger partial charge in [0.2, 0.25) is 0 Å². The summed E-state index contributed by atoms with van der Waals surface area (Å²) in [5, 5.41) is 0. The quantitative estimate of drug-likeness (QED) is 0.736. The van der Waals surface area contributed by atoms with Gasteiger partial charge >= 0.3 is 6.36 Å². The van der Waals surface area contributed by atoms with E-state index in [4.69, 9.17) is 0 Å². The lowest BCUT2D eigenvalue weighted by Gasteiger charge is -2.18. The molecule has 0 unspecified atom stereocenters. The number of halogens is 3. The summed E-state index contributed by atoms with van der Waals surface area (Å²) >= 11 is 1.63. The smallest absolute Gasteiger partial charge is 0.406 e. The van der Waals surface area contributed by atoms with Crippen LogP contribution in [0, 0.1) is 0 Å². The molecule has 7 heteroatoms. The first kappa shape index (κ1) is 18.2. The fourth-order valence-corrected chi connectivity index (χ4v) is 2.50. The average molecular weight is 355 g/mol. The van der Waals surface area contributed by atoms with Crippen molar-refractivity contribution in [3.8, 4) is 5.75 Å². The molecule has 0 saturated heterocycles. The Bertz CT molecular complexity index is 684. The monoisotopic (exact) mass is 355 g/mol. The van der Waals surface area contributed by atoms with Gasteiger partial charge in [0.1, 0.15) is 5.75 Å². The Balaban J connectivity index is 2.01. The highest BCUT2D eigenvalue weighted by Crippen LogP contribution is 2.23. The van der Waals surface area contributed by atoms with E-state index in [-0.39, 0.29) is 11.7 Å². The van der Waals surface area contributed by atoms with Gasteiger partial charge in [0, 0.05) is 24.1 Å². The lowest BCUT2D eigenvalue weighted by Crippen LogP contribution is -2.26. The van der Waals surface area contributed by atoms with Gasteiger partial charge < -0.3 is 9.64 Å². The molecule has 2 rings (SSSR count). The highest BCUT2D eigenvalue weighted by Gasteiger charge is 2.31. The standard InChI is InChI=1S/C17H16F3NO2S/c1-21(11-12-3-9-15(24-2)10-4-12)16(22)13-5-7-14(8-6-13)23-17(18,19)20/h3-10H,11H2,1-2H3. The molecule has 0 N–H and O–H groups in total. The molecule has 0 aliphatic carbocycles. The SMILES string of the molecule is CSc1ccc(CN(C)C(=O)c2ccc(OC(F)(F)F)cc2)cc1. The summed E-state index contributed by atoms with van der Waals surface area (Å²) in [4.78, 5) is 15.0. The predicted octanol–water partition coefficient (Wildman–Crippen LogP) is 4.58. The third kappa shape index (κ3) is 5.19. The molecule has 0 aliphatic rings. The molecule has 0 atom stereocenters. The normalized spacial score (nSPS) is 11.2. The van der Waals surface area contributed by atoms with Gasteiger partial charge in [0.25, 0.3) is 5.91 Å².